The van der Waals surface area contributed by atoms with E-state index >= 15 is 0 Å². The maximum atomic E-state index is 11.7. The van der Waals surface area contributed by atoms with Crippen LogP contribution in [0.15, 0.2) is 20.1 Å². The monoisotopic (exact) mass is 331 g/mol. The zero-order valence-corrected chi connectivity index (χ0v) is 11.8. The molecule has 0 atom stereocenters. The molecule has 3 nitrogen and oxygen atoms in total. The highest BCUT2D eigenvalue weighted by molar-refractivity contribution is 9.11. The molecule has 0 amide bonds. The third kappa shape index (κ3) is 4.40. The Bertz CT molecular complexity index is 405. The van der Waals surface area contributed by atoms with E-state index in [2.05, 4.69) is 20.7 Å². The van der Waals surface area contributed by atoms with E-state index in [1.54, 1.807) is 12.1 Å². The average molecular weight is 333 g/mol. The van der Waals surface area contributed by atoms with E-state index in [9.17, 15) is 8.42 Å². The van der Waals surface area contributed by atoms with Crippen molar-refractivity contribution in [1.29, 1.82) is 0 Å². The van der Waals surface area contributed by atoms with Crippen LogP contribution in [0.5, 0.6) is 0 Å². The molecule has 1 heterocycles. The molecule has 0 aliphatic rings. The minimum absolute atomic E-state index is 0.334. The summed E-state index contributed by atoms with van der Waals surface area (Å²) < 4.78 is 27.0. The lowest BCUT2D eigenvalue weighted by Gasteiger charge is -2.03. The van der Waals surface area contributed by atoms with Crippen molar-refractivity contribution in [3.63, 3.8) is 0 Å². The molecular weight excluding hydrogens is 322 g/mol. The van der Waals surface area contributed by atoms with Gasteiger partial charge in [-0.15, -0.1) is 22.9 Å². The Morgan fingerprint density at radius 3 is 2.67 bits per heavy atom. The predicted octanol–water partition coefficient (Wildman–Crippen LogP) is 2.81. The molecule has 0 aliphatic carbocycles. The van der Waals surface area contributed by atoms with Crippen molar-refractivity contribution in [2.45, 2.75) is 17.1 Å². The molecule has 0 radical (unpaired) electrons. The van der Waals surface area contributed by atoms with Gasteiger partial charge in [0, 0.05) is 12.4 Å². The molecule has 0 aromatic carbocycles. The molecule has 86 valence electrons. The fourth-order valence-corrected chi connectivity index (χ4v) is 4.26. The summed E-state index contributed by atoms with van der Waals surface area (Å²) in [5.74, 6) is 0.562. The van der Waals surface area contributed by atoms with Crippen molar-refractivity contribution in [2.24, 2.45) is 0 Å². The molecule has 1 N–H and O–H groups in total. The second-order valence-corrected chi connectivity index (χ2v) is 7.69. The average Bonchev–Trinajstić information content (AvgIpc) is 2.60. The first-order chi connectivity index (χ1) is 7.06. The maximum absolute atomic E-state index is 11.7. The number of sulfonamides is 1. The number of hydrogen-bond acceptors (Lipinski definition) is 3. The van der Waals surface area contributed by atoms with Gasteiger partial charge in [-0.25, -0.2) is 13.1 Å². The Morgan fingerprint density at radius 2 is 2.13 bits per heavy atom. The second-order valence-electron chi connectivity index (χ2n) is 2.85. The van der Waals surface area contributed by atoms with Crippen LogP contribution in [-0.2, 0) is 10.0 Å². The molecule has 0 bridgehead atoms. The number of halogens is 2. The highest BCUT2D eigenvalue weighted by Crippen LogP contribution is 2.25. The van der Waals surface area contributed by atoms with E-state index in [-0.39, 0.29) is 0 Å². The predicted molar refractivity (Wildman–Crippen MR) is 67.2 cm³/mol. The number of hydrogen-bond donors (Lipinski definition) is 1. The van der Waals surface area contributed by atoms with Crippen molar-refractivity contribution < 1.29 is 8.42 Å². The summed E-state index contributed by atoms with van der Waals surface area (Å²) in [4.78, 5) is 0. The molecule has 0 unspecified atom stereocenters. The molecule has 1 aromatic rings. The number of unbranched alkanes of at least 4 members (excludes halogenated alkanes) is 1. The number of nitrogens with one attached hydrogen (secondary N) is 1. The SMILES string of the molecule is O=S(=O)(NCCCCCl)c1ccc(Br)s1. The lowest BCUT2D eigenvalue weighted by atomic mass is 10.3. The Balaban J connectivity index is 2.53. The van der Waals surface area contributed by atoms with E-state index in [4.69, 9.17) is 11.6 Å². The van der Waals surface area contributed by atoms with E-state index < -0.39 is 10.0 Å². The van der Waals surface area contributed by atoms with Gasteiger partial charge in [0.2, 0.25) is 10.0 Å². The van der Waals surface area contributed by atoms with Crippen LogP contribution in [0.25, 0.3) is 0 Å². The second kappa shape index (κ2) is 6.20. The van der Waals surface area contributed by atoms with E-state index in [1.165, 1.54) is 11.3 Å². The summed E-state index contributed by atoms with van der Waals surface area (Å²) in [6, 6.07) is 3.30. The van der Waals surface area contributed by atoms with Gasteiger partial charge in [0.1, 0.15) is 4.21 Å². The maximum Gasteiger partial charge on any atom is 0.250 e. The molecule has 7 heteroatoms. The smallest absolute Gasteiger partial charge is 0.210 e. The molecule has 0 saturated carbocycles. The van der Waals surface area contributed by atoms with Crippen LogP contribution in [0.2, 0.25) is 0 Å². The molecular formula is C8H11BrClNO2S2. The Kier molecular flexibility index (Phi) is 5.56. The Morgan fingerprint density at radius 1 is 1.40 bits per heavy atom. The highest BCUT2D eigenvalue weighted by atomic mass is 79.9. The van der Waals surface area contributed by atoms with Crippen LogP contribution in [0.4, 0.5) is 0 Å². The van der Waals surface area contributed by atoms with Gasteiger partial charge in [-0.05, 0) is 40.9 Å². The highest BCUT2D eigenvalue weighted by Gasteiger charge is 2.15. The summed E-state index contributed by atoms with van der Waals surface area (Å²) in [6.07, 6.45) is 1.58. The molecule has 0 spiro atoms. The summed E-state index contributed by atoms with van der Waals surface area (Å²) in [5, 5.41) is 0. The molecule has 1 rings (SSSR count). The van der Waals surface area contributed by atoms with E-state index in [0.29, 0.717) is 16.6 Å². The van der Waals surface area contributed by atoms with Crippen LogP contribution >= 0.6 is 38.9 Å². The number of rotatable bonds is 6. The van der Waals surface area contributed by atoms with Crippen LogP contribution in [0.1, 0.15) is 12.8 Å². The topological polar surface area (TPSA) is 46.2 Å². The molecule has 0 saturated heterocycles. The van der Waals surface area contributed by atoms with Gasteiger partial charge in [-0.3, -0.25) is 0 Å². The minimum atomic E-state index is -3.32. The Hall–Kier alpha value is 0.380. The van der Waals surface area contributed by atoms with Gasteiger partial charge in [-0.2, -0.15) is 0 Å². The zero-order chi connectivity index (χ0) is 11.3. The summed E-state index contributed by atoms with van der Waals surface area (Å²) in [7, 11) is -3.32. The van der Waals surface area contributed by atoms with Gasteiger partial charge in [-0.1, -0.05) is 0 Å². The molecule has 15 heavy (non-hydrogen) atoms. The van der Waals surface area contributed by atoms with Crippen molar-refractivity contribution >= 4 is 48.9 Å². The van der Waals surface area contributed by atoms with Crippen LogP contribution < -0.4 is 4.72 Å². The molecule has 1 aromatic heterocycles. The van der Waals surface area contributed by atoms with E-state index in [1.807, 2.05) is 0 Å². The number of alkyl halides is 1. The third-order valence-corrected chi connectivity index (χ3v) is 5.51. The van der Waals surface area contributed by atoms with Gasteiger partial charge in [0.15, 0.2) is 0 Å². The lowest BCUT2D eigenvalue weighted by molar-refractivity contribution is 0.580. The fraction of sp³-hybridized carbons (Fsp3) is 0.500. The Labute approximate surface area is 107 Å². The quantitative estimate of drug-likeness (QED) is 0.643. The number of thiophene rings is 1. The van der Waals surface area contributed by atoms with Crippen molar-refractivity contribution in [3.8, 4) is 0 Å². The zero-order valence-electron chi connectivity index (χ0n) is 7.87. The molecule has 0 aliphatic heterocycles. The van der Waals surface area contributed by atoms with Gasteiger partial charge in [0.25, 0.3) is 0 Å². The van der Waals surface area contributed by atoms with Gasteiger partial charge < -0.3 is 0 Å². The van der Waals surface area contributed by atoms with Crippen molar-refractivity contribution in [1.82, 2.24) is 4.72 Å². The first-order valence-electron chi connectivity index (χ1n) is 4.37. The third-order valence-electron chi connectivity index (χ3n) is 1.67. The van der Waals surface area contributed by atoms with Crippen LogP contribution in [0, 0.1) is 0 Å². The fourth-order valence-electron chi connectivity index (χ4n) is 0.939. The minimum Gasteiger partial charge on any atom is -0.210 e. The van der Waals surface area contributed by atoms with E-state index in [0.717, 1.165) is 16.6 Å². The summed E-state index contributed by atoms with van der Waals surface area (Å²) in [5.41, 5.74) is 0. The summed E-state index contributed by atoms with van der Waals surface area (Å²) in [6.45, 7) is 0.435. The van der Waals surface area contributed by atoms with Crippen LogP contribution in [0.3, 0.4) is 0 Å². The van der Waals surface area contributed by atoms with Gasteiger partial charge in [0.05, 0.1) is 3.79 Å². The largest absolute Gasteiger partial charge is 0.250 e. The van der Waals surface area contributed by atoms with Gasteiger partial charge >= 0.3 is 0 Å². The van der Waals surface area contributed by atoms with Crippen LogP contribution in [-0.4, -0.2) is 20.8 Å². The normalized spacial score (nSPS) is 11.9. The van der Waals surface area contributed by atoms with Crippen molar-refractivity contribution in [2.75, 3.05) is 12.4 Å². The standard InChI is InChI=1S/C8H11BrClNO2S2/c9-7-3-4-8(14-7)15(12,13)11-6-2-1-5-10/h3-4,11H,1-2,5-6H2. The first-order valence-corrected chi connectivity index (χ1v) is 8.00. The summed E-state index contributed by atoms with van der Waals surface area (Å²) >= 11 is 9.92. The van der Waals surface area contributed by atoms with Crippen molar-refractivity contribution in [3.05, 3.63) is 15.9 Å². The first kappa shape index (κ1) is 13.4. The lowest BCUT2D eigenvalue weighted by Crippen LogP contribution is -2.24. The molecule has 0 fully saturated rings.